The number of halogens is 1. The fourth-order valence-corrected chi connectivity index (χ4v) is 2.63. The summed E-state index contributed by atoms with van der Waals surface area (Å²) in [4.78, 5) is 0.862. The van der Waals surface area contributed by atoms with E-state index in [9.17, 15) is 0 Å². The second-order valence-corrected chi connectivity index (χ2v) is 4.98. The van der Waals surface area contributed by atoms with Gasteiger partial charge in [0.1, 0.15) is 0 Å². The van der Waals surface area contributed by atoms with E-state index < -0.39 is 0 Å². The van der Waals surface area contributed by atoms with Crippen LogP contribution >= 0.6 is 23.8 Å². The second kappa shape index (κ2) is 6.18. The van der Waals surface area contributed by atoms with E-state index in [4.69, 9.17) is 23.8 Å². The molecule has 1 aliphatic heterocycles. The minimum atomic E-state index is 0.757. The smallest absolute Gasteiger partial charge is 0.0842 e. The molecule has 0 saturated carbocycles. The van der Waals surface area contributed by atoms with Crippen molar-refractivity contribution in [2.75, 3.05) is 5.32 Å². The molecule has 0 fully saturated rings. The van der Waals surface area contributed by atoms with E-state index in [0.717, 1.165) is 33.2 Å². The van der Waals surface area contributed by atoms with E-state index in [2.05, 4.69) is 23.5 Å². The molecule has 2 aromatic rings. The van der Waals surface area contributed by atoms with E-state index in [-0.39, 0.29) is 0 Å². The Bertz CT molecular complexity index is 593. The Balaban J connectivity index is 0.000000637. The number of hydrogen-bond acceptors (Lipinski definition) is 1. The lowest BCUT2D eigenvalue weighted by Gasteiger charge is -2.07. The lowest BCUT2D eigenvalue weighted by atomic mass is 10.0. The van der Waals surface area contributed by atoms with E-state index in [1.807, 2.05) is 38.1 Å². The molecule has 0 unspecified atom stereocenters. The van der Waals surface area contributed by atoms with Crippen molar-refractivity contribution in [1.29, 1.82) is 0 Å². The third-order valence-corrected chi connectivity index (χ3v) is 3.46. The molecule has 0 aromatic heterocycles. The van der Waals surface area contributed by atoms with Crippen molar-refractivity contribution in [2.24, 2.45) is 0 Å². The van der Waals surface area contributed by atoms with Crippen molar-refractivity contribution in [3.8, 4) is 11.1 Å². The molecule has 0 radical (unpaired) electrons. The van der Waals surface area contributed by atoms with Gasteiger partial charge in [-0.1, -0.05) is 68.0 Å². The molecule has 3 heteroatoms. The van der Waals surface area contributed by atoms with Crippen LogP contribution in [0, 0.1) is 0 Å². The summed E-state index contributed by atoms with van der Waals surface area (Å²) in [6.45, 7) is 4.00. The first kappa shape index (κ1) is 14.0. The van der Waals surface area contributed by atoms with Crippen LogP contribution < -0.4 is 5.32 Å². The SMILES string of the molecule is CC.S=C1Cc2cc(-c3ccccc3)c(Cl)cc2N1. The fourth-order valence-electron chi connectivity index (χ4n) is 2.09. The maximum absolute atomic E-state index is 6.31. The minimum Gasteiger partial charge on any atom is -0.349 e. The predicted octanol–water partition coefficient (Wildman–Crippen LogP) is 5.33. The molecule has 1 N–H and O–H groups in total. The quantitative estimate of drug-likeness (QED) is 0.712. The average Bonchev–Trinajstić information content (AvgIpc) is 2.80. The largest absolute Gasteiger partial charge is 0.349 e. The highest BCUT2D eigenvalue weighted by molar-refractivity contribution is 7.80. The van der Waals surface area contributed by atoms with Crippen LogP contribution in [0.25, 0.3) is 11.1 Å². The van der Waals surface area contributed by atoms with Crippen molar-refractivity contribution in [3.63, 3.8) is 0 Å². The minimum absolute atomic E-state index is 0.757. The van der Waals surface area contributed by atoms with Crippen LogP contribution in [0.5, 0.6) is 0 Å². The van der Waals surface area contributed by atoms with Gasteiger partial charge in [0.05, 0.1) is 10.0 Å². The number of hydrogen-bond donors (Lipinski definition) is 1. The van der Waals surface area contributed by atoms with Crippen molar-refractivity contribution >= 4 is 34.5 Å². The van der Waals surface area contributed by atoms with E-state index in [1.165, 1.54) is 5.56 Å². The van der Waals surface area contributed by atoms with Gasteiger partial charge in [0.25, 0.3) is 0 Å². The lowest BCUT2D eigenvalue weighted by Crippen LogP contribution is -2.00. The molecule has 1 heterocycles. The molecule has 98 valence electrons. The van der Waals surface area contributed by atoms with Gasteiger partial charge in [-0.25, -0.2) is 0 Å². The molecule has 2 aromatic carbocycles. The van der Waals surface area contributed by atoms with Gasteiger partial charge in [-0.3, -0.25) is 0 Å². The van der Waals surface area contributed by atoms with Crippen molar-refractivity contribution < 1.29 is 0 Å². The van der Waals surface area contributed by atoms with Crippen LogP contribution in [0.2, 0.25) is 5.02 Å². The number of rotatable bonds is 1. The maximum Gasteiger partial charge on any atom is 0.0842 e. The van der Waals surface area contributed by atoms with Gasteiger partial charge < -0.3 is 5.32 Å². The normalized spacial score (nSPS) is 12.3. The van der Waals surface area contributed by atoms with Gasteiger partial charge in [0.2, 0.25) is 0 Å². The van der Waals surface area contributed by atoms with Crippen LogP contribution in [0.1, 0.15) is 19.4 Å². The van der Waals surface area contributed by atoms with Gasteiger partial charge in [-0.05, 0) is 23.3 Å². The molecular weight excluding hydrogens is 274 g/mol. The maximum atomic E-state index is 6.31. The van der Waals surface area contributed by atoms with Crippen LogP contribution in [-0.2, 0) is 6.42 Å². The fraction of sp³-hybridized carbons (Fsp3) is 0.188. The molecule has 0 bridgehead atoms. The Morgan fingerprint density at radius 2 is 1.79 bits per heavy atom. The Morgan fingerprint density at radius 1 is 1.11 bits per heavy atom. The Labute approximate surface area is 124 Å². The van der Waals surface area contributed by atoms with E-state index >= 15 is 0 Å². The van der Waals surface area contributed by atoms with Crippen LogP contribution in [0.15, 0.2) is 42.5 Å². The van der Waals surface area contributed by atoms with Gasteiger partial charge in [-0.2, -0.15) is 0 Å². The first-order valence-corrected chi connectivity index (χ1v) is 7.20. The zero-order chi connectivity index (χ0) is 13.8. The summed E-state index contributed by atoms with van der Waals surface area (Å²) in [6.07, 6.45) is 0.807. The molecule has 3 rings (SSSR count). The highest BCUT2D eigenvalue weighted by Crippen LogP contribution is 2.35. The summed E-state index contributed by atoms with van der Waals surface area (Å²) in [5, 5.41) is 3.92. The van der Waals surface area contributed by atoms with E-state index in [0.29, 0.717) is 0 Å². The predicted molar refractivity (Wildman–Crippen MR) is 88.2 cm³/mol. The topological polar surface area (TPSA) is 12.0 Å². The Hall–Kier alpha value is -1.38. The molecule has 0 spiro atoms. The molecule has 1 aliphatic rings. The van der Waals surface area contributed by atoms with Gasteiger partial charge in [-0.15, -0.1) is 0 Å². The summed E-state index contributed by atoms with van der Waals surface area (Å²) < 4.78 is 0. The lowest BCUT2D eigenvalue weighted by molar-refractivity contribution is 1.42. The van der Waals surface area contributed by atoms with Gasteiger partial charge in [0.15, 0.2) is 0 Å². The second-order valence-electron chi connectivity index (χ2n) is 4.08. The molecule has 0 amide bonds. The first-order valence-electron chi connectivity index (χ1n) is 6.42. The number of nitrogens with one attached hydrogen (secondary N) is 1. The molecule has 0 saturated heterocycles. The Morgan fingerprint density at radius 3 is 2.47 bits per heavy atom. The third kappa shape index (κ3) is 2.96. The van der Waals surface area contributed by atoms with Crippen LogP contribution in [0.4, 0.5) is 5.69 Å². The zero-order valence-corrected chi connectivity index (χ0v) is 12.6. The number of thiocarbonyl (C=S) groups is 1. The van der Waals surface area contributed by atoms with Crippen LogP contribution in [-0.4, -0.2) is 4.99 Å². The molecule has 1 nitrogen and oxygen atoms in total. The van der Waals surface area contributed by atoms with E-state index in [1.54, 1.807) is 0 Å². The molecule has 19 heavy (non-hydrogen) atoms. The summed E-state index contributed by atoms with van der Waals surface area (Å²) in [5.41, 5.74) is 4.47. The van der Waals surface area contributed by atoms with Crippen molar-refractivity contribution in [2.45, 2.75) is 20.3 Å². The summed E-state index contributed by atoms with van der Waals surface area (Å²) in [6, 6.07) is 14.2. The highest BCUT2D eigenvalue weighted by atomic mass is 35.5. The monoisotopic (exact) mass is 289 g/mol. The summed E-state index contributed by atoms with van der Waals surface area (Å²) in [5.74, 6) is 0. The number of benzene rings is 2. The van der Waals surface area contributed by atoms with Gasteiger partial charge >= 0.3 is 0 Å². The summed E-state index contributed by atoms with van der Waals surface area (Å²) >= 11 is 11.5. The molecular formula is C16H16ClNS. The molecule has 0 atom stereocenters. The van der Waals surface area contributed by atoms with Gasteiger partial charge in [0, 0.05) is 17.7 Å². The zero-order valence-electron chi connectivity index (χ0n) is 11.0. The summed E-state index contributed by atoms with van der Waals surface area (Å²) in [7, 11) is 0. The van der Waals surface area contributed by atoms with Crippen molar-refractivity contribution in [1.82, 2.24) is 0 Å². The van der Waals surface area contributed by atoms with Crippen molar-refractivity contribution in [3.05, 3.63) is 53.1 Å². The Kier molecular flexibility index (Phi) is 4.56. The highest BCUT2D eigenvalue weighted by Gasteiger charge is 2.17. The standard InChI is InChI=1S/C14H10ClNS.C2H6/c15-12-8-13-10(7-14(17)16-13)6-11(12)9-4-2-1-3-5-9;1-2/h1-6,8H,7H2,(H,16,17);1-2H3. The first-order chi connectivity index (χ1) is 9.24. The number of fused-ring (bicyclic) bond motifs is 1. The molecule has 0 aliphatic carbocycles. The van der Waals surface area contributed by atoms with Crippen LogP contribution in [0.3, 0.4) is 0 Å². The number of anilines is 1. The average molecular weight is 290 g/mol. The third-order valence-electron chi connectivity index (χ3n) is 2.90.